The topological polar surface area (TPSA) is 54.5 Å². The lowest BCUT2D eigenvalue weighted by atomic mass is 10.3. The van der Waals surface area contributed by atoms with Crippen LogP contribution in [-0.4, -0.2) is 19.9 Å². The second-order valence-corrected chi connectivity index (χ2v) is 3.87. The molecule has 0 amide bonds. The summed E-state index contributed by atoms with van der Waals surface area (Å²) in [6.07, 6.45) is 1.55. The average molecular weight is 239 g/mol. The second kappa shape index (κ2) is 3.05. The Kier molecular flexibility index (Phi) is 1.81. The van der Waals surface area contributed by atoms with Gasteiger partial charge in [0.15, 0.2) is 11.3 Å². The lowest BCUT2D eigenvalue weighted by molar-refractivity contribution is 1.32. The van der Waals surface area contributed by atoms with E-state index in [-0.39, 0.29) is 0 Å². The third kappa shape index (κ3) is 1.33. The predicted molar refractivity (Wildman–Crippen MR) is 59.2 cm³/mol. The minimum atomic E-state index is 0.466. The number of hydrogen-bond donors (Lipinski definition) is 1. The van der Waals surface area contributed by atoms with Gasteiger partial charge in [0.25, 0.3) is 0 Å². The maximum absolute atomic E-state index is 5.89. The third-order valence-corrected chi connectivity index (χ3v) is 2.80. The first-order valence-electron chi connectivity index (χ1n) is 4.20. The van der Waals surface area contributed by atoms with Crippen molar-refractivity contribution in [1.29, 1.82) is 0 Å². The Morgan fingerprint density at radius 1 is 1.00 bits per heavy atom. The van der Waals surface area contributed by atoms with Gasteiger partial charge in [0.05, 0.1) is 27.4 Å². The van der Waals surface area contributed by atoms with Crippen molar-refractivity contribution in [2.75, 3.05) is 0 Å². The van der Waals surface area contributed by atoms with Gasteiger partial charge in [-0.05, 0) is 12.1 Å². The maximum Gasteiger partial charge on any atom is 0.197 e. The number of aromatic nitrogens is 4. The minimum Gasteiger partial charge on any atom is -0.328 e. The molecule has 1 aromatic carbocycles. The number of H-pyrrole nitrogens is 1. The van der Waals surface area contributed by atoms with Crippen LogP contribution in [0, 0.1) is 0 Å². The molecular weight excluding hydrogens is 235 g/mol. The molecular formula is C9H4Cl2N4. The van der Waals surface area contributed by atoms with Gasteiger partial charge in [0.2, 0.25) is 0 Å². The fraction of sp³-hybridized carbons (Fsp3) is 0. The summed E-state index contributed by atoms with van der Waals surface area (Å²) in [5.41, 5.74) is 2.59. The van der Waals surface area contributed by atoms with E-state index in [9.17, 15) is 0 Å². The Balaban J connectivity index is 2.49. The first kappa shape index (κ1) is 8.88. The zero-order chi connectivity index (χ0) is 10.4. The number of rotatable bonds is 0. The molecule has 0 bridgehead atoms. The summed E-state index contributed by atoms with van der Waals surface area (Å²) in [6.45, 7) is 0. The van der Waals surface area contributed by atoms with Gasteiger partial charge in [-0.25, -0.2) is 15.0 Å². The molecule has 4 nitrogen and oxygen atoms in total. The Hall–Kier alpha value is -1.39. The van der Waals surface area contributed by atoms with E-state index in [0.717, 1.165) is 0 Å². The minimum absolute atomic E-state index is 0.466. The summed E-state index contributed by atoms with van der Waals surface area (Å²) >= 11 is 11.8. The van der Waals surface area contributed by atoms with E-state index < -0.39 is 0 Å². The highest BCUT2D eigenvalue weighted by molar-refractivity contribution is 6.42. The van der Waals surface area contributed by atoms with Crippen molar-refractivity contribution in [3.05, 3.63) is 28.5 Å². The first-order valence-corrected chi connectivity index (χ1v) is 4.95. The molecule has 3 rings (SSSR count). The van der Waals surface area contributed by atoms with Gasteiger partial charge in [-0.1, -0.05) is 23.2 Å². The molecule has 74 valence electrons. The summed E-state index contributed by atoms with van der Waals surface area (Å²) < 4.78 is 0. The predicted octanol–water partition coefficient (Wildman–Crippen LogP) is 2.81. The molecule has 2 aromatic heterocycles. The quantitative estimate of drug-likeness (QED) is 0.656. The lowest BCUT2D eigenvalue weighted by Crippen LogP contribution is -1.86. The molecule has 1 N–H and O–H groups in total. The van der Waals surface area contributed by atoms with Crippen LogP contribution in [0.3, 0.4) is 0 Å². The highest BCUT2D eigenvalue weighted by atomic mass is 35.5. The van der Waals surface area contributed by atoms with Crippen LogP contribution < -0.4 is 0 Å². The fourth-order valence-corrected chi connectivity index (χ4v) is 1.70. The van der Waals surface area contributed by atoms with E-state index in [1.807, 2.05) is 0 Å². The van der Waals surface area contributed by atoms with Crippen molar-refractivity contribution in [2.45, 2.75) is 0 Å². The third-order valence-electron chi connectivity index (χ3n) is 2.08. The second-order valence-electron chi connectivity index (χ2n) is 3.05. The van der Waals surface area contributed by atoms with Gasteiger partial charge in [-0.15, -0.1) is 0 Å². The first-order chi connectivity index (χ1) is 7.24. The molecule has 0 saturated heterocycles. The molecule has 0 aliphatic rings. The van der Waals surface area contributed by atoms with E-state index in [4.69, 9.17) is 23.2 Å². The van der Waals surface area contributed by atoms with Gasteiger partial charge in [0.1, 0.15) is 0 Å². The SMILES string of the molecule is Clc1cc2nc3nc[nH]c3nc2cc1Cl. The van der Waals surface area contributed by atoms with Crippen LogP contribution in [0.4, 0.5) is 0 Å². The van der Waals surface area contributed by atoms with Crippen molar-refractivity contribution in [3.8, 4) is 0 Å². The van der Waals surface area contributed by atoms with Crippen LogP contribution in [-0.2, 0) is 0 Å². The Morgan fingerprint density at radius 3 is 2.40 bits per heavy atom. The molecule has 6 heteroatoms. The smallest absolute Gasteiger partial charge is 0.197 e. The van der Waals surface area contributed by atoms with Crippen LogP contribution >= 0.6 is 23.2 Å². The number of nitrogens with one attached hydrogen (secondary N) is 1. The molecule has 0 aliphatic heterocycles. The van der Waals surface area contributed by atoms with E-state index in [0.29, 0.717) is 32.4 Å². The highest BCUT2D eigenvalue weighted by Gasteiger charge is 2.06. The van der Waals surface area contributed by atoms with E-state index in [2.05, 4.69) is 19.9 Å². The molecule has 3 aromatic rings. The van der Waals surface area contributed by atoms with Crippen LogP contribution in [0.1, 0.15) is 0 Å². The normalized spacial score (nSPS) is 11.3. The molecule has 2 heterocycles. The fourth-order valence-electron chi connectivity index (χ4n) is 1.38. The molecule has 0 unspecified atom stereocenters. The summed E-state index contributed by atoms with van der Waals surface area (Å²) in [5, 5.41) is 0.936. The number of halogens is 2. The number of nitrogens with zero attached hydrogens (tertiary/aromatic N) is 3. The lowest BCUT2D eigenvalue weighted by Gasteiger charge is -1.99. The number of aromatic amines is 1. The summed E-state index contributed by atoms with van der Waals surface area (Å²) in [6, 6.07) is 3.37. The number of hydrogen-bond acceptors (Lipinski definition) is 3. The van der Waals surface area contributed by atoms with Crippen molar-refractivity contribution < 1.29 is 0 Å². The molecule has 0 spiro atoms. The maximum atomic E-state index is 5.89. The van der Waals surface area contributed by atoms with E-state index in [1.165, 1.54) is 0 Å². The Morgan fingerprint density at radius 2 is 1.67 bits per heavy atom. The van der Waals surface area contributed by atoms with Crippen LogP contribution in [0.5, 0.6) is 0 Å². The van der Waals surface area contributed by atoms with Crippen molar-refractivity contribution in [1.82, 2.24) is 19.9 Å². The molecule has 0 atom stereocenters. The monoisotopic (exact) mass is 238 g/mol. The number of imidazole rings is 1. The van der Waals surface area contributed by atoms with Gasteiger partial charge in [-0.2, -0.15) is 0 Å². The van der Waals surface area contributed by atoms with Crippen molar-refractivity contribution >= 4 is 45.5 Å². The van der Waals surface area contributed by atoms with Gasteiger partial charge in [0, 0.05) is 0 Å². The van der Waals surface area contributed by atoms with Crippen LogP contribution in [0.2, 0.25) is 10.0 Å². The largest absolute Gasteiger partial charge is 0.328 e. The van der Waals surface area contributed by atoms with Gasteiger partial charge in [-0.3, -0.25) is 0 Å². The standard InChI is InChI=1S/C9H4Cl2N4/c10-4-1-6-7(2-5(4)11)15-9-8(14-6)12-3-13-9/h1-3H,(H,12,13,14,15). The zero-order valence-electron chi connectivity index (χ0n) is 7.33. The molecule has 0 saturated carbocycles. The Labute approximate surface area is 94.3 Å². The molecule has 0 fully saturated rings. The van der Waals surface area contributed by atoms with Crippen LogP contribution in [0.25, 0.3) is 22.3 Å². The van der Waals surface area contributed by atoms with Crippen LogP contribution in [0.15, 0.2) is 18.5 Å². The molecule has 0 aliphatic carbocycles. The van der Waals surface area contributed by atoms with Gasteiger partial charge >= 0.3 is 0 Å². The molecule has 0 radical (unpaired) electrons. The van der Waals surface area contributed by atoms with E-state index in [1.54, 1.807) is 18.5 Å². The molecule has 15 heavy (non-hydrogen) atoms. The zero-order valence-corrected chi connectivity index (χ0v) is 8.84. The van der Waals surface area contributed by atoms with Crippen molar-refractivity contribution in [3.63, 3.8) is 0 Å². The number of benzene rings is 1. The van der Waals surface area contributed by atoms with Crippen molar-refractivity contribution in [2.24, 2.45) is 0 Å². The summed E-state index contributed by atoms with van der Waals surface area (Å²) in [4.78, 5) is 15.5. The highest BCUT2D eigenvalue weighted by Crippen LogP contribution is 2.26. The summed E-state index contributed by atoms with van der Waals surface area (Å²) in [7, 11) is 0. The number of fused-ring (bicyclic) bond motifs is 2. The average Bonchev–Trinajstić information content (AvgIpc) is 2.63. The van der Waals surface area contributed by atoms with E-state index >= 15 is 0 Å². The summed E-state index contributed by atoms with van der Waals surface area (Å²) in [5.74, 6) is 0. The van der Waals surface area contributed by atoms with Gasteiger partial charge < -0.3 is 4.98 Å². The Bertz CT molecular complexity index is 606.